The van der Waals surface area contributed by atoms with E-state index in [-0.39, 0.29) is 0 Å². The molecule has 2 heteroatoms. The van der Waals surface area contributed by atoms with Gasteiger partial charge in [0.2, 0.25) is 0 Å². The van der Waals surface area contributed by atoms with Crippen LogP contribution in [0.2, 0.25) is 0 Å². The molecule has 0 bridgehead atoms. The van der Waals surface area contributed by atoms with Gasteiger partial charge < -0.3 is 9.80 Å². The summed E-state index contributed by atoms with van der Waals surface area (Å²) >= 11 is 0. The summed E-state index contributed by atoms with van der Waals surface area (Å²) in [4.78, 5) is 4.65. The molecule has 0 unspecified atom stereocenters. The second-order valence-electron chi connectivity index (χ2n) is 17.6. The Labute approximate surface area is 391 Å². The fourth-order valence-corrected chi connectivity index (χ4v) is 11.2. The average molecular weight is 853 g/mol. The molecule has 0 radical (unpaired) electrons. The zero-order chi connectivity index (χ0) is 44.3. The van der Waals surface area contributed by atoms with Crippen LogP contribution in [0.4, 0.5) is 34.1 Å². The summed E-state index contributed by atoms with van der Waals surface area (Å²) < 4.78 is 0. The topological polar surface area (TPSA) is 6.48 Å². The Bertz CT molecular complexity index is 3480. The van der Waals surface area contributed by atoms with Gasteiger partial charge in [0.15, 0.2) is 0 Å². The molecule has 0 saturated heterocycles. The van der Waals surface area contributed by atoms with Gasteiger partial charge in [-0.05, 0) is 162 Å². The molecule has 0 atom stereocenters. The minimum absolute atomic E-state index is 0.526. The van der Waals surface area contributed by atoms with Gasteiger partial charge in [-0.15, -0.1) is 0 Å². The molecular weight excluding hydrogens is 809 g/mol. The van der Waals surface area contributed by atoms with Crippen LogP contribution in [-0.4, -0.2) is 0 Å². The molecule has 11 aromatic rings. The lowest BCUT2D eigenvalue weighted by molar-refractivity contribution is 0.795. The van der Waals surface area contributed by atoms with Crippen LogP contribution in [0.5, 0.6) is 0 Å². The largest absolute Gasteiger partial charge is 0.311 e. The van der Waals surface area contributed by atoms with Gasteiger partial charge in [-0.2, -0.15) is 0 Å². The first-order valence-electron chi connectivity index (χ1n) is 23.2. The molecule has 0 fully saturated rings. The first-order valence-corrected chi connectivity index (χ1v) is 23.2. The van der Waals surface area contributed by atoms with Crippen LogP contribution in [-0.2, 0) is 5.41 Å². The molecule has 2 nitrogen and oxygen atoms in total. The number of anilines is 6. The van der Waals surface area contributed by atoms with Gasteiger partial charge in [0.05, 0.1) is 5.41 Å². The summed E-state index contributed by atoms with van der Waals surface area (Å²) in [7, 11) is 0. The van der Waals surface area contributed by atoms with Gasteiger partial charge in [0.1, 0.15) is 0 Å². The third kappa shape index (κ3) is 6.11. The van der Waals surface area contributed by atoms with E-state index in [1.807, 2.05) is 0 Å². The maximum absolute atomic E-state index is 2.54. The van der Waals surface area contributed by atoms with E-state index < -0.39 is 5.41 Å². The highest BCUT2D eigenvalue weighted by Crippen LogP contribution is 2.65. The summed E-state index contributed by atoms with van der Waals surface area (Å²) in [6, 6.07) is 97.8. The van der Waals surface area contributed by atoms with Crippen molar-refractivity contribution in [1.29, 1.82) is 0 Å². The van der Waals surface area contributed by atoms with Crippen molar-refractivity contribution in [1.82, 2.24) is 0 Å². The average Bonchev–Trinajstić information content (AvgIpc) is 3.87. The monoisotopic (exact) mass is 852 g/mol. The summed E-state index contributed by atoms with van der Waals surface area (Å²) in [6.07, 6.45) is 0. The number of hydrogen-bond acceptors (Lipinski definition) is 2. The van der Waals surface area contributed by atoms with Crippen LogP contribution < -0.4 is 9.80 Å². The second kappa shape index (κ2) is 15.8. The van der Waals surface area contributed by atoms with Crippen molar-refractivity contribution in [3.8, 4) is 44.5 Å². The quantitative estimate of drug-likeness (QED) is 0.150. The van der Waals surface area contributed by atoms with Crippen molar-refractivity contribution in [2.45, 2.75) is 5.41 Å². The zero-order valence-corrected chi connectivity index (χ0v) is 36.8. The Morgan fingerprint density at radius 3 is 1.10 bits per heavy atom. The molecule has 0 N–H and O–H groups in total. The lowest BCUT2D eigenvalue weighted by Crippen LogP contribution is -2.26. The molecule has 0 aromatic heterocycles. The molecule has 0 aliphatic heterocycles. The minimum atomic E-state index is -0.526. The fraction of sp³-hybridized carbons (Fsp3) is 0.0154. The van der Waals surface area contributed by atoms with E-state index in [4.69, 9.17) is 0 Å². The molecule has 13 rings (SSSR count). The molecular formula is C65H44N2. The maximum Gasteiger partial charge on any atom is 0.0726 e. The van der Waals surface area contributed by atoms with Crippen LogP contribution in [0.1, 0.15) is 22.3 Å². The van der Waals surface area contributed by atoms with Crippen LogP contribution in [0.15, 0.2) is 267 Å². The van der Waals surface area contributed by atoms with Gasteiger partial charge in [-0.1, -0.05) is 182 Å². The second-order valence-corrected chi connectivity index (χ2v) is 17.6. The number of nitrogens with zero attached hydrogens (tertiary/aromatic N) is 2. The number of rotatable bonds is 8. The van der Waals surface area contributed by atoms with E-state index in [1.54, 1.807) is 0 Å². The Hall–Kier alpha value is -8.72. The molecule has 67 heavy (non-hydrogen) atoms. The Morgan fingerprint density at radius 1 is 0.224 bits per heavy atom. The van der Waals surface area contributed by atoms with E-state index in [2.05, 4.69) is 277 Å². The van der Waals surface area contributed by atoms with Gasteiger partial charge in [-0.25, -0.2) is 0 Å². The van der Waals surface area contributed by atoms with E-state index in [1.165, 1.54) is 77.5 Å². The van der Waals surface area contributed by atoms with Crippen molar-refractivity contribution in [3.63, 3.8) is 0 Å². The predicted molar refractivity (Wildman–Crippen MR) is 280 cm³/mol. The van der Waals surface area contributed by atoms with Crippen molar-refractivity contribution >= 4 is 44.9 Å². The van der Waals surface area contributed by atoms with Crippen molar-refractivity contribution in [2.24, 2.45) is 0 Å². The van der Waals surface area contributed by atoms with Crippen molar-refractivity contribution in [3.05, 3.63) is 289 Å². The molecule has 0 saturated carbocycles. The van der Waals surface area contributed by atoms with E-state index in [9.17, 15) is 0 Å². The van der Waals surface area contributed by atoms with Gasteiger partial charge >= 0.3 is 0 Å². The normalized spacial score (nSPS) is 12.6. The molecule has 2 aliphatic carbocycles. The number of fused-ring (bicyclic) bond motifs is 12. The van der Waals surface area contributed by atoms with Gasteiger partial charge in [0.25, 0.3) is 0 Å². The molecule has 1 spiro atoms. The Kier molecular flexibility index (Phi) is 9.11. The molecule has 11 aromatic carbocycles. The number of para-hydroxylation sites is 4. The van der Waals surface area contributed by atoms with E-state index >= 15 is 0 Å². The first kappa shape index (κ1) is 38.7. The van der Waals surface area contributed by atoms with Crippen LogP contribution in [0.25, 0.3) is 55.3 Å². The first-order chi connectivity index (χ1) is 33.3. The summed E-state index contributed by atoms with van der Waals surface area (Å²) in [5, 5.41) is 2.52. The standard InChI is InChI=1S/C65H44N2/c1-5-19-48(20-6-1)66(49-21-7-2-8-22-49)52-38-33-45(34-39-52)47-37-42-58-62(43-47)65(60-31-17-15-28-55(60)56-29-16-18-32-61(56)65)63-44-59(54-27-13-14-30-57(54)64(58)63)46-35-40-53(41-36-46)67(50-23-9-3-10-24-50)51-25-11-4-12-26-51/h1-44H. The van der Waals surface area contributed by atoms with E-state index in [0.29, 0.717) is 0 Å². The lowest BCUT2D eigenvalue weighted by atomic mass is 9.69. The molecule has 0 amide bonds. The lowest BCUT2D eigenvalue weighted by Gasteiger charge is -2.31. The smallest absolute Gasteiger partial charge is 0.0726 e. The third-order valence-corrected chi connectivity index (χ3v) is 14.0. The summed E-state index contributed by atoms with van der Waals surface area (Å²) in [6.45, 7) is 0. The van der Waals surface area contributed by atoms with Crippen LogP contribution in [0, 0.1) is 0 Å². The highest BCUT2D eigenvalue weighted by Gasteiger charge is 2.52. The summed E-state index contributed by atoms with van der Waals surface area (Å²) in [5.74, 6) is 0. The molecule has 2 aliphatic rings. The van der Waals surface area contributed by atoms with E-state index in [0.717, 1.165) is 34.1 Å². The SMILES string of the molecule is c1ccc(N(c2ccccc2)c2ccc(-c3ccc4c(c3)C3(c5ccccc5-c5ccccc53)c3cc(-c5ccc(N(c6ccccc6)c6ccccc6)cc5)c5ccccc5c3-4)cc2)cc1. The van der Waals surface area contributed by atoms with Crippen LogP contribution >= 0.6 is 0 Å². The minimum Gasteiger partial charge on any atom is -0.311 e. The Balaban J connectivity index is 0.989. The predicted octanol–water partition coefficient (Wildman–Crippen LogP) is 17.5. The van der Waals surface area contributed by atoms with Crippen LogP contribution in [0.3, 0.4) is 0 Å². The summed E-state index contributed by atoms with van der Waals surface area (Å²) in [5.41, 5.74) is 21.6. The maximum atomic E-state index is 2.54. The number of hydrogen-bond donors (Lipinski definition) is 0. The zero-order valence-electron chi connectivity index (χ0n) is 36.8. The molecule has 314 valence electrons. The fourth-order valence-electron chi connectivity index (χ4n) is 11.2. The third-order valence-electron chi connectivity index (χ3n) is 14.0. The van der Waals surface area contributed by atoms with Crippen molar-refractivity contribution < 1.29 is 0 Å². The highest BCUT2D eigenvalue weighted by molar-refractivity contribution is 6.11. The van der Waals surface area contributed by atoms with Gasteiger partial charge in [-0.3, -0.25) is 0 Å². The number of benzene rings is 11. The van der Waals surface area contributed by atoms with Crippen molar-refractivity contribution in [2.75, 3.05) is 9.80 Å². The highest BCUT2D eigenvalue weighted by atomic mass is 15.1. The molecule has 0 heterocycles. The Morgan fingerprint density at radius 2 is 0.612 bits per heavy atom. The van der Waals surface area contributed by atoms with Gasteiger partial charge in [0, 0.05) is 34.1 Å².